The van der Waals surface area contributed by atoms with Gasteiger partial charge in [-0.1, -0.05) is 26.0 Å². The molecule has 2 aromatic carbocycles. The zero-order chi connectivity index (χ0) is 18.7. The smallest absolute Gasteiger partial charge is 0.149 e. The van der Waals surface area contributed by atoms with E-state index in [4.69, 9.17) is 4.74 Å². The minimum atomic E-state index is 0.486. The summed E-state index contributed by atoms with van der Waals surface area (Å²) in [5.41, 5.74) is 5.66. The predicted molar refractivity (Wildman–Crippen MR) is 106 cm³/mol. The maximum atomic E-state index is 9.57. The SMILES string of the molecule is Cc1cc2nc(/C(C#N)=C\c3ccc(OCC(C)C)cc3)[nH]c2cc1C. The second-order valence-corrected chi connectivity index (χ2v) is 6.98. The largest absolute Gasteiger partial charge is 0.493 e. The van der Waals surface area contributed by atoms with E-state index in [2.05, 4.69) is 49.8 Å². The standard InChI is InChI=1S/C22H23N3O/c1-14(2)13-26-19-7-5-17(6-8-19)11-18(12-23)22-24-20-9-15(3)16(4)10-21(20)25-22/h5-11,14H,13H2,1-4H3,(H,24,25)/b18-11-. The van der Waals surface area contributed by atoms with Gasteiger partial charge in [0.1, 0.15) is 17.6 Å². The summed E-state index contributed by atoms with van der Waals surface area (Å²) >= 11 is 0. The van der Waals surface area contributed by atoms with E-state index < -0.39 is 0 Å². The van der Waals surface area contributed by atoms with Gasteiger partial charge in [-0.25, -0.2) is 4.98 Å². The fourth-order valence-electron chi connectivity index (χ4n) is 2.64. The summed E-state index contributed by atoms with van der Waals surface area (Å²) < 4.78 is 5.70. The number of fused-ring (bicyclic) bond motifs is 1. The van der Waals surface area contributed by atoms with Crippen LogP contribution in [0, 0.1) is 31.1 Å². The highest BCUT2D eigenvalue weighted by atomic mass is 16.5. The minimum Gasteiger partial charge on any atom is -0.493 e. The normalized spacial score (nSPS) is 11.8. The lowest BCUT2D eigenvalue weighted by atomic mass is 10.1. The molecule has 0 saturated heterocycles. The van der Waals surface area contributed by atoms with Crippen molar-refractivity contribution in [3.63, 3.8) is 0 Å². The Kier molecular flexibility index (Phi) is 5.09. The zero-order valence-electron chi connectivity index (χ0n) is 15.6. The van der Waals surface area contributed by atoms with Crippen LogP contribution in [0.5, 0.6) is 5.75 Å². The maximum Gasteiger partial charge on any atom is 0.149 e. The number of allylic oxidation sites excluding steroid dienone is 1. The van der Waals surface area contributed by atoms with E-state index in [1.165, 1.54) is 11.1 Å². The maximum absolute atomic E-state index is 9.57. The van der Waals surface area contributed by atoms with Gasteiger partial charge in [0.15, 0.2) is 0 Å². The Bertz CT molecular complexity index is 950. The van der Waals surface area contributed by atoms with Crippen molar-refractivity contribution in [2.24, 2.45) is 5.92 Å². The number of nitriles is 1. The van der Waals surface area contributed by atoms with E-state index in [0.29, 0.717) is 23.9 Å². The van der Waals surface area contributed by atoms with Gasteiger partial charge >= 0.3 is 0 Å². The van der Waals surface area contributed by atoms with Crippen LogP contribution in [0.15, 0.2) is 36.4 Å². The summed E-state index contributed by atoms with van der Waals surface area (Å²) in [5, 5.41) is 9.57. The lowest BCUT2D eigenvalue weighted by Gasteiger charge is -2.08. The molecule has 3 rings (SSSR count). The summed E-state index contributed by atoms with van der Waals surface area (Å²) in [4.78, 5) is 7.83. The van der Waals surface area contributed by atoms with Crippen LogP contribution in [0.2, 0.25) is 0 Å². The van der Waals surface area contributed by atoms with Crippen LogP contribution in [0.25, 0.3) is 22.7 Å². The number of ether oxygens (including phenoxy) is 1. The van der Waals surface area contributed by atoms with Gasteiger partial charge in [0.05, 0.1) is 23.2 Å². The third-order valence-electron chi connectivity index (χ3n) is 4.25. The van der Waals surface area contributed by atoms with Gasteiger partial charge < -0.3 is 9.72 Å². The van der Waals surface area contributed by atoms with E-state index in [-0.39, 0.29) is 0 Å². The average Bonchev–Trinajstić information content (AvgIpc) is 3.01. The third kappa shape index (κ3) is 3.94. The number of aromatic amines is 1. The zero-order valence-corrected chi connectivity index (χ0v) is 15.6. The van der Waals surface area contributed by atoms with Crippen molar-refractivity contribution in [2.75, 3.05) is 6.61 Å². The number of imidazole rings is 1. The van der Waals surface area contributed by atoms with E-state index in [0.717, 1.165) is 22.3 Å². The highest BCUT2D eigenvalue weighted by Crippen LogP contribution is 2.23. The van der Waals surface area contributed by atoms with Gasteiger partial charge in [0.25, 0.3) is 0 Å². The molecule has 1 N–H and O–H groups in total. The lowest BCUT2D eigenvalue weighted by molar-refractivity contribution is 0.271. The molecule has 0 aliphatic heterocycles. The summed E-state index contributed by atoms with van der Waals surface area (Å²) in [5.74, 6) is 1.91. The van der Waals surface area contributed by atoms with Crippen molar-refractivity contribution in [2.45, 2.75) is 27.7 Å². The van der Waals surface area contributed by atoms with E-state index >= 15 is 0 Å². The van der Waals surface area contributed by atoms with Crippen LogP contribution in [0.1, 0.15) is 36.4 Å². The molecule has 0 amide bonds. The van der Waals surface area contributed by atoms with Crippen LogP contribution in [0.3, 0.4) is 0 Å². The fourth-order valence-corrected chi connectivity index (χ4v) is 2.64. The second kappa shape index (κ2) is 7.45. The molecule has 1 heterocycles. The molecule has 0 fully saturated rings. The first-order chi connectivity index (χ1) is 12.5. The van der Waals surface area contributed by atoms with Crippen molar-refractivity contribution < 1.29 is 4.74 Å². The van der Waals surface area contributed by atoms with Crippen LogP contribution in [0.4, 0.5) is 0 Å². The Balaban J connectivity index is 1.87. The van der Waals surface area contributed by atoms with Crippen molar-refractivity contribution in [3.8, 4) is 11.8 Å². The highest BCUT2D eigenvalue weighted by molar-refractivity contribution is 5.90. The van der Waals surface area contributed by atoms with E-state index in [1.54, 1.807) is 0 Å². The average molecular weight is 345 g/mol. The molecule has 0 spiro atoms. The van der Waals surface area contributed by atoms with Gasteiger partial charge in [-0.2, -0.15) is 5.26 Å². The number of hydrogen-bond donors (Lipinski definition) is 1. The van der Waals surface area contributed by atoms with Crippen LogP contribution < -0.4 is 4.74 Å². The Labute approximate surface area is 154 Å². The summed E-state index contributed by atoms with van der Waals surface area (Å²) in [6.07, 6.45) is 1.84. The van der Waals surface area contributed by atoms with E-state index in [9.17, 15) is 5.26 Å². The molecule has 0 atom stereocenters. The molecular weight excluding hydrogens is 322 g/mol. The van der Waals surface area contributed by atoms with Crippen LogP contribution >= 0.6 is 0 Å². The Hall–Kier alpha value is -3.06. The number of aromatic nitrogens is 2. The number of H-pyrrole nitrogens is 1. The topological polar surface area (TPSA) is 61.7 Å². The monoisotopic (exact) mass is 345 g/mol. The van der Waals surface area contributed by atoms with Gasteiger partial charge in [0.2, 0.25) is 0 Å². The first-order valence-electron chi connectivity index (χ1n) is 8.78. The molecule has 1 aromatic heterocycles. The van der Waals surface area contributed by atoms with Gasteiger partial charge in [-0.3, -0.25) is 0 Å². The second-order valence-electron chi connectivity index (χ2n) is 6.98. The van der Waals surface area contributed by atoms with Crippen molar-refractivity contribution >= 4 is 22.7 Å². The molecule has 4 heteroatoms. The summed E-state index contributed by atoms with van der Waals surface area (Å²) in [7, 11) is 0. The lowest BCUT2D eigenvalue weighted by Crippen LogP contribution is -2.04. The van der Waals surface area contributed by atoms with E-state index in [1.807, 2.05) is 36.4 Å². The molecular formula is C22H23N3O. The molecule has 3 aromatic rings. The molecule has 132 valence electrons. The number of rotatable bonds is 5. The Morgan fingerprint density at radius 3 is 2.54 bits per heavy atom. The van der Waals surface area contributed by atoms with Crippen LogP contribution in [-0.4, -0.2) is 16.6 Å². The number of nitrogens with one attached hydrogen (secondary N) is 1. The molecule has 0 unspecified atom stereocenters. The fraction of sp³-hybridized carbons (Fsp3) is 0.273. The molecule has 0 saturated carbocycles. The molecule has 0 radical (unpaired) electrons. The molecule has 0 aliphatic carbocycles. The molecule has 4 nitrogen and oxygen atoms in total. The molecule has 26 heavy (non-hydrogen) atoms. The number of hydrogen-bond acceptors (Lipinski definition) is 3. The summed E-state index contributed by atoms with van der Waals surface area (Å²) in [6, 6.07) is 14.1. The quantitative estimate of drug-likeness (QED) is 0.640. The van der Waals surface area contributed by atoms with Crippen molar-refractivity contribution in [1.29, 1.82) is 5.26 Å². The Morgan fingerprint density at radius 1 is 1.19 bits per heavy atom. The molecule has 0 aliphatic rings. The number of benzene rings is 2. The highest BCUT2D eigenvalue weighted by Gasteiger charge is 2.09. The van der Waals surface area contributed by atoms with Gasteiger partial charge in [0, 0.05) is 0 Å². The number of nitrogens with zero attached hydrogens (tertiary/aromatic N) is 2. The van der Waals surface area contributed by atoms with Crippen LogP contribution in [-0.2, 0) is 0 Å². The predicted octanol–water partition coefficient (Wildman–Crippen LogP) is 5.28. The summed E-state index contributed by atoms with van der Waals surface area (Å²) in [6.45, 7) is 9.06. The first-order valence-corrected chi connectivity index (χ1v) is 8.78. The third-order valence-corrected chi connectivity index (χ3v) is 4.25. The first kappa shape index (κ1) is 17.8. The Morgan fingerprint density at radius 2 is 1.88 bits per heavy atom. The number of aryl methyl sites for hydroxylation is 2. The molecule has 0 bridgehead atoms. The van der Waals surface area contributed by atoms with Gasteiger partial charge in [-0.15, -0.1) is 0 Å². The van der Waals surface area contributed by atoms with Gasteiger partial charge in [-0.05, 0) is 66.8 Å². The van der Waals surface area contributed by atoms with Crippen molar-refractivity contribution in [3.05, 3.63) is 58.9 Å². The minimum absolute atomic E-state index is 0.486. The van der Waals surface area contributed by atoms with Crippen molar-refractivity contribution in [1.82, 2.24) is 9.97 Å².